The molecule has 0 spiro atoms. The van der Waals surface area contributed by atoms with Gasteiger partial charge in [0.25, 0.3) is 5.91 Å². The second-order valence-corrected chi connectivity index (χ2v) is 11.8. The van der Waals surface area contributed by atoms with Crippen LogP contribution in [0.1, 0.15) is 35.3 Å². The van der Waals surface area contributed by atoms with Crippen molar-refractivity contribution in [3.8, 4) is 22.6 Å². The Morgan fingerprint density at radius 1 is 0.872 bits per heavy atom. The zero-order chi connectivity index (χ0) is 28.0. The number of carbonyl (C=O) groups is 1. The van der Waals surface area contributed by atoms with Crippen LogP contribution in [0.2, 0.25) is 0 Å². The fraction of sp³-hybridized carbons (Fsp3) is 0.194. The van der Waals surface area contributed by atoms with E-state index in [-0.39, 0.29) is 11.7 Å². The minimum Gasteiger partial charge on any atom is -0.508 e. The van der Waals surface area contributed by atoms with Crippen molar-refractivity contribution in [3.05, 3.63) is 108 Å². The molecule has 0 atom stereocenters. The van der Waals surface area contributed by atoms with Crippen molar-refractivity contribution in [2.45, 2.75) is 32.4 Å². The molecule has 0 aliphatic rings. The van der Waals surface area contributed by atoms with Crippen molar-refractivity contribution >= 4 is 27.3 Å². The first-order valence-electron chi connectivity index (χ1n) is 12.7. The minimum atomic E-state index is -3.40. The number of nitrogens with one attached hydrogen (secondary N) is 2. The molecule has 0 aromatic heterocycles. The zero-order valence-electron chi connectivity index (χ0n) is 22.1. The second-order valence-electron chi connectivity index (χ2n) is 9.55. The summed E-state index contributed by atoms with van der Waals surface area (Å²) in [7, 11) is -3.40. The Morgan fingerprint density at radius 3 is 2.18 bits per heavy atom. The lowest BCUT2D eigenvalue weighted by molar-refractivity contribution is 0.102. The Labute approximate surface area is 229 Å². The summed E-state index contributed by atoms with van der Waals surface area (Å²) in [6.07, 6.45) is 0.606. The molecule has 7 nitrogen and oxygen atoms in total. The number of hydrogen-bond acceptors (Lipinski definition) is 5. The van der Waals surface area contributed by atoms with Gasteiger partial charge in [-0.05, 0) is 97.6 Å². The zero-order valence-corrected chi connectivity index (χ0v) is 23.0. The van der Waals surface area contributed by atoms with Crippen LogP contribution >= 0.6 is 0 Å². The fourth-order valence-electron chi connectivity index (χ4n) is 3.91. The number of aryl methyl sites for hydroxylation is 1. The van der Waals surface area contributed by atoms with Crippen LogP contribution < -0.4 is 14.8 Å². The van der Waals surface area contributed by atoms with Crippen molar-refractivity contribution in [1.82, 2.24) is 0 Å². The molecular formula is C31H32N2O5S. The van der Waals surface area contributed by atoms with E-state index in [9.17, 15) is 18.3 Å². The molecule has 0 saturated heterocycles. The third-order valence-electron chi connectivity index (χ3n) is 6.24. The smallest absolute Gasteiger partial charge is 0.255 e. The Hall–Kier alpha value is -4.30. The van der Waals surface area contributed by atoms with Gasteiger partial charge in [-0.25, -0.2) is 8.42 Å². The topological polar surface area (TPSA) is 105 Å². The van der Waals surface area contributed by atoms with Gasteiger partial charge in [-0.15, -0.1) is 0 Å². The number of aromatic hydroxyl groups is 1. The third kappa shape index (κ3) is 7.39. The van der Waals surface area contributed by atoms with E-state index in [2.05, 4.69) is 10.0 Å². The summed E-state index contributed by atoms with van der Waals surface area (Å²) in [5.74, 6) is 0.706. The molecule has 0 fully saturated rings. The molecule has 4 aromatic rings. The minimum absolute atomic E-state index is 0.209. The first kappa shape index (κ1) is 27.7. The number of amides is 1. The van der Waals surface area contributed by atoms with E-state index in [0.29, 0.717) is 35.7 Å². The lowest BCUT2D eigenvalue weighted by atomic mass is 10.0. The van der Waals surface area contributed by atoms with E-state index >= 15 is 0 Å². The first-order chi connectivity index (χ1) is 18.6. The Balaban J connectivity index is 1.32. The summed E-state index contributed by atoms with van der Waals surface area (Å²) >= 11 is 0. The van der Waals surface area contributed by atoms with Crippen LogP contribution in [0.3, 0.4) is 0 Å². The molecule has 4 aromatic carbocycles. The fourth-order valence-corrected chi connectivity index (χ4v) is 4.60. The molecule has 8 heteroatoms. The number of carbonyl (C=O) groups excluding carboxylic acids is 1. The van der Waals surface area contributed by atoms with Crippen molar-refractivity contribution in [3.63, 3.8) is 0 Å². The maximum absolute atomic E-state index is 12.8. The summed E-state index contributed by atoms with van der Waals surface area (Å²) in [5, 5.41) is 11.9. The van der Waals surface area contributed by atoms with Gasteiger partial charge < -0.3 is 15.2 Å². The molecule has 1 amide bonds. The molecule has 3 N–H and O–H groups in total. The van der Waals surface area contributed by atoms with Gasteiger partial charge in [0, 0.05) is 23.4 Å². The molecule has 0 heterocycles. The quantitative estimate of drug-likeness (QED) is 0.215. The summed E-state index contributed by atoms with van der Waals surface area (Å²) in [6.45, 7) is 5.60. The Morgan fingerprint density at radius 2 is 1.54 bits per heavy atom. The monoisotopic (exact) mass is 544 g/mol. The molecule has 0 saturated carbocycles. The van der Waals surface area contributed by atoms with Crippen molar-refractivity contribution < 1.29 is 23.1 Å². The molecule has 0 aliphatic carbocycles. The van der Waals surface area contributed by atoms with Crippen LogP contribution in [0.4, 0.5) is 11.4 Å². The van der Waals surface area contributed by atoms with Gasteiger partial charge in [0.1, 0.15) is 11.5 Å². The average molecular weight is 545 g/mol. The van der Waals surface area contributed by atoms with Crippen molar-refractivity contribution in [2.24, 2.45) is 0 Å². The van der Waals surface area contributed by atoms with Crippen molar-refractivity contribution in [1.29, 1.82) is 0 Å². The number of benzene rings is 4. The van der Waals surface area contributed by atoms with Crippen LogP contribution in [0.25, 0.3) is 11.1 Å². The highest BCUT2D eigenvalue weighted by Crippen LogP contribution is 2.25. The summed E-state index contributed by atoms with van der Waals surface area (Å²) in [4.78, 5) is 12.8. The van der Waals surface area contributed by atoms with Gasteiger partial charge >= 0.3 is 0 Å². The molecule has 0 bridgehead atoms. The first-order valence-corrected chi connectivity index (χ1v) is 14.2. The Bertz CT molecular complexity index is 1550. The van der Waals surface area contributed by atoms with Gasteiger partial charge in [0.05, 0.1) is 11.9 Å². The van der Waals surface area contributed by atoms with E-state index in [4.69, 9.17) is 4.74 Å². The molecule has 4 rings (SSSR count). The Kier molecular flexibility index (Phi) is 8.56. The predicted molar refractivity (Wildman–Crippen MR) is 156 cm³/mol. The van der Waals surface area contributed by atoms with Gasteiger partial charge in [0.15, 0.2) is 0 Å². The largest absolute Gasteiger partial charge is 0.508 e. The van der Waals surface area contributed by atoms with E-state index in [1.165, 1.54) is 0 Å². The lowest BCUT2D eigenvalue weighted by Crippen LogP contribution is -2.22. The van der Waals surface area contributed by atoms with Crippen LogP contribution in [-0.2, 0) is 16.4 Å². The highest BCUT2D eigenvalue weighted by molar-refractivity contribution is 7.93. The molecule has 39 heavy (non-hydrogen) atoms. The van der Waals surface area contributed by atoms with Crippen LogP contribution in [0, 0.1) is 6.92 Å². The number of rotatable bonds is 10. The molecule has 0 unspecified atom stereocenters. The number of hydrogen-bond donors (Lipinski definition) is 3. The van der Waals surface area contributed by atoms with Crippen molar-refractivity contribution in [2.75, 3.05) is 16.6 Å². The van der Waals surface area contributed by atoms with Gasteiger partial charge in [-0.2, -0.15) is 0 Å². The number of ether oxygens (including phenoxy) is 1. The number of phenols is 1. The molecular weight excluding hydrogens is 512 g/mol. The van der Waals surface area contributed by atoms with Gasteiger partial charge in [-0.1, -0.05) is 36.4 Å². The van der Waals surface area contributed by atoms with E-state index < -0.39 is 15.3 Å². The maximum Gasteiger partial charge on any atom is 0.255 e. The summed E-state index contributed by atoms with van der Waals surface area (Å²) in [6, 6.07) is 27.0. The molecule has 0 aliphatic heterocycles. The number of sulfonamides is 1. The highest BCUT2D eigenvalue weighted by Gasteiger charge is 2.15. The van der Waals surface area contributed by atoms with Crippen LogP contribution in [-0.4, -0.2) is 31.3 Å². The van der Waals surface area contributed by atoms with Gasteiger partial charge in [0.2, 0.25) is 10.0 Å². The lowest BCUT2D eigenvalue weighted by Gasteiger charge is -2.13. The standard InChI is InChI=1S/C31H32N2O5S/c1-21(2)39(36,37)33-28-6-4-5-23(20-28)17-18-38-30-16-13-27(19-22(30)3)32-31(35)26-9-7-24(8-10-26)25-11-14-29(34)15-12-25/h4-16,19-21,33-34H,17-18H2,1-3H3,(H,32,35). The number of phenolic OH excluding ortho intramolecular Hbond substituents is 1. The molecule has 202 valence electrons. The van der Waals surface area contributed by atoms with Crippen LogP contribution in [0.15, 0.2) is 91.0 Å². The van der Waals surface area contributed by atoms with Crippen LogP contribution in [0.5, 0.6) is 11.5 Å². The summed E-state index contributed by atoms with van der Waals surface area (Å²) < 4.78 is 32.8. The van der Waals surface area contributed by atoms with Gasteiger partial charge in [-0.3, -0.25) is 9.52 Å². The predicted octanol–water partition coefficient (Wildman–Crippen LogP) is 6.39. The molecule has 0 radical (unpaired) electrons. The average Bonchev–Trinajstić information content (AvgIpc) is 2.90. The third-order valence-corrected chi connectivity index (χ3v) is 8.00. The second kappa shape index (κ2) is 12.0. The van der Waals surface area contributed by atoms with E-state index in [1.54, 1.807) is 50.2 Å². The normalized spacial score (nSPS) is 11.3. The SMILES string of the molecule is Cc1cc(NC(=O)c2ccc(-c3ccc(O)cc3)cc2)ccc1OCCc1cccc(NS(=O)(=O)C(C)C)c1. The van der Waals surface area contributed by atoms with E-state index in [0.717, 1.165) is 22.3 Å². The maximum atomic E-state index is 12.8. The number of anilines is 2. The highest BCUT2D eigenvalue weighted by atomic mass is 32.2. The summed E-state index contributed by atoms with van der Waals surface area (Å²) in [5.41, 5.74) is 5.48. The van der Waals surface area contributed by atoms with E-state index in [1.807, 2.05) is 61.5 Å².